The smallest absolute Gasteiger partial charge is 0.114 e. The van der Waals surface area contributed by atoms with Gasteiger partial charge in [0.05, 0.1) is 20.6 Å². The Bertz CT molecular complexity index is 324. The Morgan fingerprint density at radius 2 is 1.73 bits per heavy atom. The van der Waals surface area contributed by atoms with Crippen LogP contribution < -0.4 is 0 Å². The van der Waals surface area contributed by atoms with Crippen molar-refractivity contribution in [2.45, 2.75) is 32.2 Å². The number of hydrogen-bond acceptors (Lipinski definition) is 0. The quantitative estimate of drug-likeness (QED) is 0.616. The van der Waals surface area contributed by atoms with E-state index in [-0.39, 0.29) is 0 Å². The highest BCUT2D eigenvalue weighted by atomic mass is 15.3. The van der Waals surface area contributed by atoms with E-state index in [2.05, 4.69) is 45.3 Å². The lowest BCUT2D eigenvalue weighted by atomic mass is 9.93. The first kappa shape index (κ1) is 10.7. The first-order valence-electron chi connectivity index (χ1n) is 5.99. The molecule has 1 atom stereocenters. The van der Waals surface area contributed by atoms with E-state index < -0.39 is 0 Å². The summed E-state index contributed by atoms with van der Waals surface area (Å²) in [5.41, 5.74) is 2.88. The van der Waals surface area contributed by atoms with Crippen molar-refractivity contribution in [2.75, 3.05) is 20.6 Å². The highest BCUT2D eigenvalue weighted by Gasteiger charge is 2.32. The van der Waals surface area contributed by atoms with Crippen molar-refractivity contribution in [3.8, 4) is 0 Å². The van der Waals surface area contributed by atoms with Gasteiger partial charge in [0.2, 0.25) is 0 Å². The fourth-order valence-corrected chi connectivity index (χ4v) is 2.72. The van der Waals surface area contributed by atoms with E-state index in [4.69, 9.17) is 0 Å². The fourth-order valence-electron chi connectivity index (χ4n) is 2.72. The number of nitrogens with zero attached hydrogens (tertiary/aromatic N) is 1. The second kappa shape index (κ2) is 3.97. The van der Waals surface area contributed by atoms with E-state index in [0.29, 0.717) is 6.04 Å². The molecule has 0 saturated carbocycles. The van der Waals surface area contributed by atoms with Crippen LogP contribution in [0.4, 0.5) is 0 Å². The highest BCUT2D eigenvalue weighted by molar-refractivity contribution is 5.23. The van der Waals surface area contributed by atoms with Crippen LogP contribution in [-0.2, 0) is 0 Å². The van der Waals surface area contributed by atoms with Gasteiger partial charge in [-0.3, -0.25) is 0 Å². The van der Waals surface area contributed by atoms with E-state index in [1.165, 1.54) is 36.9 Å². The number of piperidine rings is 1. The Kier molecular flexibility index (Phi) is 2.83. The maximum absolute atomic E-state index is 2.36. The molecule has 1 fully saturated rings. The molecule has 1 nitrogen and oxygen atoms in total. The van der Waals surface area contributed by atoms with Crippen LogP contribution in [0, 0.1) is 6.92 Å². The zero-order valence-corrected chi connectivity index (χ0v) is 10.2. The van der Waals surface area contributed by atoms with Crippen molar-refractivity contribution in [1.29, 1.82) is 0 Å². The third kappa shape index (κ3) is 2.23. The third-order valence-corrected chi connectivity index (χ3v) is 3.77. The molecule has 1 aliphatic heterocycles. The molecule has 0 radical (unpaired) electrons. The van der Waals surface area contributed by atoms with Crippen LogP contribution in [-0.4, -0.2) is 25.1 Å². The van der Waals surface area contributed by atoms with E-state index in [1.807, 2.05) is 0 Å². The highest BCUT2D eigenvalue weighted by Crippen LogP contribution is 2.34. The molecule has 0 N–H and O–H groups in total. The Labute approximate surface area is 93.3 Å². The SMILES string of the molecule is Cc1ccc(C2CCCC[N+]2(C)C)cc1. The number of rotatable bonds is 1. The van der Waals surface area contributed by atoms with Gasteiger partial charge in [0.15, 0.2) is 0 Å². The van der Waals surface area contributed by atoms with Crippen LogP contribution in [0.2, 0.25) is 0 Å². The normalized spacial score (nSPS) is 25.1. The van der Waals surface area contributed by atoms with Crippen LogP contribution in [0.3, 0.4) is 0 Å². The van der Waals surface area contributed by atoms with Crippen LogP contribution in [0.1, 0.15) is 36.4 Å². The molecule has 1 unspecified atom stereocenters. The van der Waals surface area contributed by atoms with Gasteiger partial charge in [0, 0.05) is 12.0 Å². The van der Waals surface area contributed by atoms with Crippen molar-refractivity contribution < 1.29 is 4.48 Å². The average Bonchev–Trinajstić information content (AvgIpc) is 2.19. The summed E-state index contributed by atoms with van der Waals surface area (Å²) in [6, 6.07) is 9.81. The third-order valence-electron chi connectivity index (χ3n) is 3.77. The van der Waals surface area contributed by atoms with Gasteiger partial charge in [-0.25, -0.2) is 0 Å². The monoisotopic (exact) mass is 204 g/mol. The first-order valence-corrected chi connectivity index (χ1v) is 5.99. The molecule has 1 aromatic rings. The molecular formula is C14H22N+. The van der Waals surface area contributed by atoms with E-state index in [1.54, 1.807) is 0 Å². The van der Waals surface area contributed by atoms with Gasteiger partial charge in [0.1, 0.15) is 6.04 Å². The molecule has 82 valence electrons. The topological polar surface area (TPSA) is 0 Å². The van der Waals surface area contributed by atoms with Gasteiger partial charge in [-0.05, 0) is 19.8 Å². The molecule has 15 heavy (non-hydrogen) atoms. The minimum absolute atomic E-state index is 0.708. The first-order chi connectivity index (χ1) is 7.09. The fraction of sp³-hybridized carbons (Fsp3) is 0.571. The molecule has 1 heteroatoms. The Morgan fingerprint density at radius 1 is 1.07 bits per heavy atom. The molecule has 0 aromatic heterocycles. The van der Waals surface area contributed by atoms with Gasteiger partial charge in [-0.15, -0.1) is 0 Å². The van der Waals surface area contributed by atoms with Crippen molar-refractivity contribution in [3.05, 3.63) is 35.4 Å². The van der Waals surface area contributed by atoms with Gasteiger partial charge in [0.25, 0.3) is 0 Å². The van der Waals surface area contributed by atoms with Gasteiger partial charge < -0.3 is 4.48 Å². The van der Waals surface area contributed by atoms with Crippen molar-refractivity contribution in [1.82, 2.24) is 0 Å². The van der Waals surface area contributed by atoms with Gasteiger partial charge in [-0.2, -0.15) is 0 Å². The maximum Gasteiger partial charge on any atom is 0.114 e. The number of hydrogen-bond donors (Lipinski definition) is 0. The minimum atomic E-state index is 0.708. The summed E-state index contributed by atoms with van der Waals surface area (Å²) >= 11 is 0. The van der Waals surface area contributed by atoms with E-state index >= 15 is 0 Å². The number of likely N-dealkylation sites (tertiary alicyclic amines) is 1. The van der Waals surface area contributed by atoms with E-state index in [0.717, 1.165) is 4.48 Å². The summed E-state index contributed by atoms with van der Waals surface area (Å²) in [7, 11) is 4.73. The zero-order valence-electron chi connectivity index (χ0n) is 10.2. The minimum Gasteiger partial charge on any atom is -0.322 e. The van der Waals surface area contributed by atoms with Crippen molar-refractivity contribution in [3.63, 3.8) is 0 Å². The molecule has 2 rings (SSSR count). The summed E-state index contributed by atoms with van der Waals surface area (Å²) < 4.78 is 1.16. The maximum atomic E-state index is 2.36. The summed E-state index contributed by atoms with van der Waals surface area (Å²) in [6.45, 7) is 3.48. The Hall–Kier alpha value is -0.820. The second-order valence-corrected chi connectivity index (χ2v) is 5.42. The summed E-state index contributed by atoms with van der Waals surface area (Å²) in [4.78, 5) is 0. The molecule has 0 aliphatic carbocycles. The van der Waals surface area contributed by atoms with Crippen molar-refractivity contribution in [2.24, 2.45) is 0 Å². The number of quaternary nitrogens is 1. The van der Waals surface area contributed by atoms with E-state index in [9.17, 15) is 0 Å². The molecule has 1 saturated heterocycles. The summed E-state index contributed by atoms with van der Waals surface area (Å²) in [5.74, 6) is 0. The lowest BCUT2D eigenvalue weighted by molar-refractivity contribution is -0.926. The molecule has 0 amide bonds. The lowest BCUT2D eigenvalue weighted by Crippen LogP contribution is -2.46. The summed E-state index contributed by atoms with van der Waals surface area (Å²) in [5, 5.41) is 0. The molecule has 1 aliphatic rings. The standard InChI is InChI=1S/C14H22N/c1-12-7-9-13(10-8-12)14-6-4-5-11-15(14,2)3/h7-10,14H,4-6,11H2,1-3H3/q+1. The predicted octanol–water partition coefficient (Wildman–Crippen LogP) is 3.30. The number of benzene rings is 1. The largest absolute Gasteiger partial charge is 0.322 e. The molecular weight excluding hydrogens is 182 g/mol. The molecule has 0 spiro atoms. The van der Waals surface area contributed by atoms with Crippen LogP contribution >= 0.6 is 0 Å². The molecule has 1 aromatic carbocycles. The Balaban J connectivity index is 2.25. The molecule has 1 heterocycles. The molecule has 0 bridgehead atoms. The second-order valence-electron chi connectivity index (χ2n) is 5.42. The number of aryl methyl sites for hydroxylation is 1. The summed E-state index contributed by atoms with van der Waals surface area (Å²) in [6.07, 6.45) is 4.12. The van der Waals surface area contributed by atoms with Crippen molar-refractivity contribution >= 4 is 0 Å². The van der Waals surface area contributed by atoms with Crippen LogP contribution in [0.15, 0.2) is 24.3 Å². The Morgan fingerprint density at radius 3 is 2.33 bits per heavy atom. The van der Waals surface area contributed by atoms with Gasteiger partial charge >= 0.3 is 0 Å². The predicted molar refractivity (Wildman–Crippen MR) is 64.7 cm³/mol. The average molecular weight is 204 g/mol. The van der Waals surface area contributed by atoms with Gasteiger partial charge in [-0.1, -0.05) is 29.8 Å². The zero-order chi connectivity index (χ0) is 10.9. The lowest BCUT2D eigenvalue weighted by Gasteiger charge is -2.41. The van der Waals surface area contributed by atoms with Crippen LogP contribution in [0.5, 0.6) is 0 Å². The van der Waals surface area contributed by atoms with Crippen LogP contribution in [0.25, 0.3) is 0 Å².